The summed E-state index contributed by atoms with van der Waals surface area (Å²) in [6.45, 7) is 3.00. The largest absolute Gasteiger partial charge is 0.385 e. The van der Waals surface area contributed by atoms with Crippen LogP contribution in [0.3, 0.4) is 0 Å². The number of carbonyl (C=O) groups is 1. The van der Waals surface area contributed by atoms with Gasteiger partial charge in [-0.2, -0.15) is 0 Å². The minimum absolute atomic E-state index is 0.442. The molecule has 0 atom stereocenters. The zero-order chi connectivity index (χ0) is 11.8. The Morgan fingerprint density at radius 3 is 2.38 bits per heavy atom. The van der Waals surface area contributed by atoms with E-state index in [1.165, 1.54) is 32.1 Å². The summed E-state index contributed by atoms with van der Waals surface area (Å²) in [5.74, 6) is 2.05. The topological polar surface area (TPSA) is 26.3 Å². The molecule has 0 amide bonds. The summed E-state index contributed by atoms with van der Waals surface area (Å²) < 4.78 is 4.96. The first-order valence-electron chi connectivity index (χ1n) is 6.76. The Labute approximate surface area is 99.8 Å². The lowest BCUT2D eigenvalue weighted by Crippen LogP contribution is -2.17. The van der Waals surface area contributed by atoms with Crippen LogP contribution in [0.5, 0.6) is 0 Å². The summed E-state index contributed by atoms with van der Waals surface area (Å²) >= 11 is 0. The van der Waals surface area contributed by atoms with Gasteiger partial charge in [0.15, 0.2) is 0 Å². The van der Waals surface area contributed by atoms with E-state index < -0.39 is 0 Å². The quantitative estimate of drug-likeness (QED) is 0.620. The van der Waals surface area contributed by atoms with Crippen molar-refractivity contribution in [2.45, 2.75) is 58.3 Å². The molecular weight excluding hydrogens is 200 g/mol. The first kappa shape index (κ1) is 13.7. The van der Waals surface area contributed by atoms with Gasteiger partial charge < -0.3 is 4.74 Å². The minimum atomic E-state index is 0.442. The van der Waals surface area contributed by atoms with E-state index >= 15 is 0 Å². The molecule has 0 N–H and O–H groups in total. The van der Waals surface area contributed by atoms with Gasteiger partial charge in [0.25, 0.3) is 0 Å². The summed E-state index contributed by atoms with van der Waals surface area (Å²) in [5.41, 5.74) is 0. The number of rotatable bonds is 7. The molecule has 0 spiro atoms. The van der Waals surface area contributed by atoms with Crippen LogP contribution >= 0.6 is 0 Å². The van der Waals surface area contributed by atoms with E-state index in [2.05, 4.69) is 6.92 Å². The molecule has 0 radical (unpaired) electrons. The molecule has 0 aromatic rings. The highest BCUT2D eigenvalue weighted by molar-refractivity contribution is 5.78. The normalized spacial score (nSPS) is 25.6. The fraction of sp³-hybridized carbons (Fsp3) is 0.929. The highest BCUT2D eigenvalue weighted by atomic mass is 16.5. The fourth-order valence-electron chi connectivity index (χ4n) is 2.68. The lowest BCUT2D eigenvalue weighted by Gasteiger charge is -2.27. The van der Waals surface area contributed by atoms with Crippen LogP contribution in [0.25, 0.3) is 0 Å². The molecular formula is C14H26O2. The van der Waals surface area contributed by atoms with E-state index in [-0.39, 0.29) is 0 Å². The van der Waals surface area contributed by atoms with Crippen LogP contribution in [0.15, 0.2) is 0 Å². The molecule has 0 aliphatic heterocycles. The van der Waals surface area contributed by atoms with Gasteiger partial charge >= 0.3 is 0 Å². The third kappa shape index (κ3) is 5.11. The molecule has 2 heteroatoms. The highest BCUT2D eigenvalue weighted by Gasteiger charge is 2.21. The Morgan fingerprint density at radius 2 is 1.81 bits per heavy atom. The second-order valence-electron chi connectivity index (χ2n) is 5.13. The Hall–Kier alpha value is -0.370. The van der Waals surface area contributed by atoms with Crippen LogP contribution in [0.4, 0.5) is 0 Å². The first-order chi connectivity index (χ1) is 7.76. The Morgan fingerprint density at radius 1 is 1.19 bits per heavy atom. The van der Waals surface area contributed by atoms with E-state index in [1.54, 1.807) is 7.11 Å². The number of ether oxygens (including phenoxy) is 1. The smallest absolute Gasteiger partial charge is 0.133 e. The molecule has 1 saturated carbocycles. The average Bonchev–Trinajstić information content (AvgIpc) is 2.30. The zero-order valence-electron chi connectivity index (χ0n) is 10.8. The summed E-state index contributed by atoms with van der Waals surface area (Å²) in [5, 5.41) is 0. The van der Waals surface area contributed by atoms with E-state index in [9.17, 15) is 4.79 Å². The van der Waals surface area contributed by atoms with Gasteiger partial charge in [0, 0.05) is 26.6 Å². The van der Waals surface area contributed by atoms with Crippen molar-refractivity contribution >= 4 is 5.78 Å². The maximum atomic E-state index is 11.7. The molecule has 1 rings (SSSR count). The Bertz CT molecular complexity index is 193. The molecule has 0 aromatic carbocycles. The van der Waals surface area contributed by atoms with Crippen molar-refractivity contribution in [3.05, 3.63) is 0 Å². The van der Waals surface area contributed by atoms with Gasteiger partial charge in [-0.3, -0.25) is 4.79 Å². The summed E-state index contributed by atoms with van der Waals surface area (Å²) in [6, 6.07) is 0. The molecule has 1 aliphatic carbocycles. The van der Waals surface area contributed by atoms with E-state index in [4.69, 9.17) is 4.74 Å². The number of Topliss-reactive ketones (excluding diaryl/α,β-unsaturated/α-hetero) is 1. The SMILES string of the molecule is CCC1CCC(CC(=O)CCCOC)CC1. The summed E-state index contributed by atoms with van der Waals surface area (Å²) in [7, 11) is 1.69. The molecule has 1 aliphatic rings. The standard InChI is InChI=1S/C14H26O2/c1-3-12-6-8-13(9-7-12)11-14(15)5-4-10-16-2/h12-13H,3-11H2,1-2H3. The summed E-state index contributed by atoms with van der Waals surface area (Å²) in [6.07, 6.45) is 8.96. The van der Waals surface area contributed by atoms with Crippen LogP contribution in [-0.2, 0) is 9.53 Å². The Balaban J connectivity index is 2.10. The predicted octanol–water partition coefficient (Wildman–Crippen LogP) is 3.59. The molecule has 0 saturated heterocycles. The molecule has 2 nitrogen and oxygen atoms in total. The Kier molecular flexibility index (Phi) is 6.70. The van der Waals surface area contributed by atoms with Crippen molar-refractivity contribution in [3.63, 3.8) is 0 Å². The molecule has 16 heavy (non-hydrogen) atoms. The van der Waals surface area contributed by atoms with Gasteiger partial charge in [0.1, 0.15) is 5.78 Å². The van der Waals surface area contributed by atoms with Crippen molar-refractivity contribution in [2.24, 2.45) is 11.8 Å². The first-order valence-corrected chi connectivity index (χ1v) is 6.76. The molecule has 0 aromatic heterocycles. The molecule has 94 valence electrons. The third-order valence-corrected chi connectivity index (χ3v) is 3.86. The number of hydrogen-bond donors (Lipinski definition) is 0. The predicted molar refractivity (Wildman–Crippen MR) is 66.5 cm³/mol. The monoisotopic (exact) mass is 226 g/mol. The second kappa shape index (κ2) is 7.83. The van der Waals surface area contributed by atoms with Crippen molar-refractivity contribution in [2.75, 3.05) is 13.7 Å². The van der Waals surface area contributed by atoms with Crippen molar-refractivity contribution in [1.29, 1.82) is 0 Å². The lowest BCUT2D eigenvalue weighted by molar-refractivity contribution is -0.120. The zero-order valence-corrected chi connectivity index (χ0v) is 10.8. The van der Waals surface area contributed by atoms with Crippen molar-refractivity contribution in [1.82, 2.24) is 0 Å². The van der Waals surface area contributed by atoms with E-state index in [0.29, 0.717) is 24.7 Å². The molecule has 0 heterocycles. The number of methoxy groups -OCH3 is 1. The highest BCUT2D eigenvalue weighted by Crippen LogP contribution is 2.32. The van der Waals surface area contributed by atoms with Crippen molar-refractivity contribution < 1.29 is 9.53 Å². The van der Waals surface area contributed by atoms with Gasteiger partial charge in [-0.1, -0.05) is 26.2 Å². The molecule has 0 unspecified atom stereocenters. The number of carbonyl (C=O) groups excluding carboxylic acids is 1. The maximum Gasteiger partial charge on any atom is 0.133 e. The molecule has 0 bridgehead atoms. The number of hydrogen-bond acceptors (Lipinski definition) is 2. The molecule has 1 fully saturated rings. The van der Waals surface area contributed by atoms with Crippen LogP contribution in [-0.4, -0.2) is 19.5 Å². The maximum absolute atomic E-state index is 11.7. The van der Waals surface area contributed by atoms with Crippen LogP contribution in [0.1, 0.15) is 58.3 Å². The lowest BCUT2D eigenvalue weighted by atomic mass is 9.78. The van der Waals surface area contributed by atoms with Gasteiger partial charge in [-0.05, 0) is 31.1 Å². The average molecular weight is 226 g/mol. The van der Waals surface area contributed by atoms with Crippen LogP contribution < -0.4 is 0 Å². The van der Waals surface area contributed by atoms with Crippen molar-refractivity contribution in [3.8, 4) is 0 Å². The fourth-order valence-corrected chi connectivity index (χ4v) is 2.68. The van der Waals surface area contributed by atoms with E-state index in [1.807, 2.05) is 0 Å². The number of ketones is 1. The van der Waals surface area contributed by atoms with Crippen LogP contribution in [0.2, 0.25) is 0 Å². The van der Waals surface area contributed by atoms with Gasteiger partial charge in [0.05, 0.1) is 0 Å². The van der Waals surface area contributed by atoms with Crippen LogP contribution in [0, 0.1) is 11.8 Å². The van der Waals surface area contributed by atoms with Gasteiger partial charge in [0.2, 0.25) is 0 Å². The minimum Gasteiger partial charge on any atom is -0.385 e. The summed E-state index contributed by atoms with van der Waals surface area (Å²) in [4.78, 5) is 11.7. The third-order valence-electron chi connectivity index (χ3n) is 3.86. The van der Waals surface area contributed by atoms with E-state index in [0.717, 1.165) is 18.8 Å². The second-order valence-corrected chi connectivity index (χ2v) is 5.13. The van der Waals surface area contributed by atoms with Gasteiger partial charge in [-0.25, -0.2) is 0 Å². The van der Waals surface area contributed by atoms with Gasteiger partial charge in [-0.15, -0.1) is 0 Å².